The topological polar surface area (TPSA) is 17.8 Å². The number of hydrogen-bond donors (Lipinski definition) is 1. The fourth-order valence-corrected chi connectivity index (χ4v) is 1.28. The zero-order valence-electron chi connectivity index (χ0n) is 8.21. The van der Waals surface area contributed by atoms with Crippen molar-refractivity contribution in [2.24, 2.45) is 5.41 Å². The van der Waals surface area contributed by atoms with Gasteiger partial charge in [0.25, 0.3) is 0 Å². The van der Waals surface area contributed by atoms with E-state index in [1.54, 1.807) is 6.20 Å². The van der Waals surface area contributed by atoms with Crippen molar-refractivity contribution >= 4 is 24.2 Å². The number of rotatable bonds is 3. The highest BCUT2D eigenvalue weighted by Gasteiger charge is 2.18. The van der Waals surface area contributed by atoms with Gasteiger partial charge >= 0.3 is 0 Å². The molecule has 0 atom stereocenters. The molecule has 0 spiro atoms. The van der Waals surface area contributed by atoms with Gasteiger partial charge in [-0.2, -0.15) is 17.7 Å². The van der Waals surface area contributed by atoms with Crippen molar-refractivity contribution in [2.45, 2.75) is 27.3 Å². The minimum absolute atomic E-state index is 0.156. The van der Waals surface area contributed by atoms with Crippen molar-refractivity contribution in [3.63, 3.8) is 0 Å². The van der Waals surface area contributed by atoms with E-state index in [1.165, 1.54) is 0 Å². The Kier molecular flexibility index (Phi) is 3.30. The van der Waals surface area contributed by atoms with Crippen LogP contribution in [0.5, 0.6) is 0 Å². The quantitative estimate of drug-likeness (QED) is 0.773. The second kappa shape index (κ2) is 3.93. The van der Waals surface area contributed by atoms with Gasteiger partial charge in [-0.3, -0.25) is 4.68 Å². The molecular formula is C9H15ClN2S. The molecule has 0 unspecified atom stereocenters. The van der Waals surface area contributed by atoms with Crippen LogP contribution >= 0.6 is 24.2 Å². The fraction of sp³-hybridized carbons (Fsp3) is 0.667. The van der Waals surface area contributed by atoms with Gasteiger partial charge in [0.15, 0.2) is 0 Å². The molecule has 0 saturated heterocycles. The Balaban J connectivity index is 2.80. The molecule has 0 saturated carbocycles. The second-order valence-corrected chi connectivity index (χ2v) is 4.78. The minimum Gasteiger partial charge on any atom is -0.268 e. The summed E-state index contributed by atoms with van der Waals surface area (Å²) in [5.41, 5.74) is 1.18. The number of thiol groups is 1. The maximum absolute atomic E-state index is 5.90. The van der Waals surface area contributed by atoms with Crippen LogP contribution in [-0.2, 0) is 6.54 Å². The monoisotopic (exact) mass is 218 g/mol. The molecule has 13 heavy (non-hydrogen) atoms. The highest BCUT2D eigenvalue weighted by molar-refractivity contribution is 7.80. The van der Waals surface area contributed by atoms with Crippen LogP contribution < -0.4 is 0 Å². The summed E-state index contributed by atoms with van der Waals surface area (Å²) < 4.78 is 1.93. The van der Waals surface area contributed by atoms with Crippen LogP contribution in [0.25, 0.3) is 0 Å². The predicted molar refractivity (Wildman–Crippen MR) is 59.6 cm³/mol. The van der Waals surface area contributed by atoms with Gasteiger partial charge in [-0.25, -0.2) is 0 Å². The predicted octanol–water partition coefficient (Wildman–Crippen LogP) is 2.80. The van der Waals surface area contributed by atoms with Crippen LogP contribution in [-0.4, -0.2) is 15.5 Å². The lowest BCUT2D eigenvalue weighted by Crippen LogP contribution is -2.22. The summed E-state index contributed by atoms with van der Waals surface area (Å²) >= 11 is 10.2. The van der Waals surface area contributed by atoms with Crippen molar-refractivity contribution in [3.05, 3.63) is 16.9 Å². The van der Waals surface area contributed by atoms with Crippen LogP contribution in [0, 0.1) is 12.3 Å². The van der Waals surface area contributed by atoms with Crippen molar-refractivity contribution in [3.8, 4) is 0 Å². The Labute approximate surface area is 89.7 Å². The third-order valence-corrected chi connectivity index (χ3v) is 3.28. The Morgan fingerprint density at radius 1 is 1.62 bits per heavy atom. The van der Waals surface area contributed by atoms with Gasteiger partial charge in [0.1, 0.15) is 0 Å². The molecule has 4 heteroatoms. The lowest BCUT2D eigenvalue weighted by Gasteiger charge is -2.22. The first-order chi connectivity index (χ1) is 5.96. The third kappa shape index (κ3) is 2.64. The number of halogens is 1. The molecule has 0 N–H and O–H groups in total. The first kappa shape index (κ1) is 10.9. The highest BCUT2D eigenvalue weighted by Crippen LogP contribution is 2.22. The van der Waals surface area contributed by atoms with Gasteiger partial charge < -0.3 is 0 Å². The second-order valence-electron chi connectivity index (χ2n) is 4.06. The Hall–Kier alpha value is -0.150. The Morgan fingerprint density at radius 3 is 2.62 bits per heavy atom. The largest absolute Gasteiger partial charge is 0.268 e. The van der Waals surface area contributed by atoms with E-state index in [9.17, 15) is 0 Å². The van der Waals surface area contributed by atoms with Crippen LogP contribution in [0.4, 0.5) is 0 Å². The summed E-state index contributed by atoms with van der Waals surface area (Å²) in [4.78, 5) is 0. The van der Waals surface area contributed by atoms with Crippen molar-refractivity contribution in [1.82, 2.24) is 9.78 Å². The number of nitrogens with zero attached hydrogens (tertiary/aromatic N) is 2. The summed E-state index contributed by atoms with van der Waals surface area (Å²) in [6.45, 7) is 7.16. The van der Waals surface area contributed by atoms with E-state index in [0.29, 0.717) is 0 Å². The van der Waals surface area contributed by atoms with E-state index in [0.717, 1.165) is 23.0 Å². The van der Waals surface area contributed by atoms with E-state index in [2.05, 4.69) is 31.6 Å². The first-order valence-electron chi connectivity index (χ1n) is 4.25. The molecule has 1 rings (SSSR count). The maximum atomic E-state index is 5.90. The summed E-state index contributed by atoms with van der Waals surface area (Å²) in [6, 6.07) is 0. The standard InChI is InChI=1S/C9H15ClN2S/c1-7-8(10)4-11-12(7)5-9(2,3)6-13/h4,13H,5-6H2,1-3H3. The fourth-order valence-electron chi connectivity index (χ4n) is 1.04. The normalized spacial score (nSPS) is 12.1. The van der Waals surface area contributed by atoms with Crippen molar-refractivity contribution in [2.75, 3.05) is 5.75 Å². The molecule has 74 valence electrons. The molecule has 0 aromatic carbocycles. The van der Waals surface area contributed by atoms with Gasteiger partial charge in [-0.15, -0.1) is 0 Å². The molecule has 0 aliphatic heterocycles. The Bertz CT molecular complexity index is 294. The molecule has 0 radical (unpaired) electrons. The zero-order chi connectivity index (χ0) is 10.1. The van der Waals surface area contributed by atoms with Crippen molar-refractivity contribution in [1.29, 1.82) is 0 Å². The van der Waals surface area contributed by atoms with Gasteiger partial charge in [-0.1, -0.05) is 25.4 Å². The van der Waals surface area contributed by atoms with Crippen LogP contribution in [0.3, 0.4) is 0 Å². The molecule has 0 aliphatic rings. The Morgan fingerprint density at radius 2 is 2.23 bits per heavy atom. The van der Waals surface area contributed by atoms with Crippen LogP contribution in [0.2, 0.25) is 5.02 Å². The smallest absolute Gasteiger partial charge is 0.0814 e. The SMILES string of the molecule is Cc1c(Cl)cnn1CC(C)(C)CS. The maximum Gasteiger partial charge on any atom is 0.0814 e. The van der Waals surface area contributed by atoms with E-state index in [1.807, 2.05) is 11.6 Å². The molecule has 1 aromatic heterocycles. The highest BCUT2D eigenvalue weighted by atomic mass is 35.5. The van der Waals surface area contributed by atoms with Gasteiger partial charge in [0.2, 0.25) is 0 Å². The molecule has 0 bridgehead atoms. The summed E-state index contributed by atoms with van der Waals surface area (Å²) in [5, 5.41) is 4.93. The number of hydrogen-bond acceptors (Lipinski definition) is 2. The molecule has 0 fully saturated rings. The molecule has 1 aromatic rings. The molecule has 0 amide bonds. The summed E-state index contributed by atoms with van der Waals surface area (Å²) in [7, 11) is 0. The van der Waals surface area contributed by atoms with Gasteiger partial charge in [0.05, 0.1) is 16.9 Å². The van der Waals surface area contributed by atoms with Crippen LogP contribution in [0.15, 0.2) is 6.20 Å². The van der Waals surface area contributed by atoms with Gasteiger partial charge in [0, 0.05) is 6.54 Å². The van der Waals surface area contributed by atoms with Crippen LogP contribution in [0.1, 0.15) is 19.5 Å². The zero-order valence-corrected chi connectivity index (χ0v) is 9.86. The molecular weight excluding hydrogens is 204 g/mol. The summed E-state index contributed by atoms with van der Waals surface area (Å²) in [6.07, 6.45) is 1.69. The first-order valence-corrected chi connectivity index (χ1v) is 5.26. The lowest BCUT2D eigenvalue weighted by molar-refractivity contribution is 0.330. The van der Waals surface area contributed by atoms with Gasteiger partial charge in [-0.05, 0) is 18.1 Å². The minimum atomic E-state index is 0.156. The van der Waals surface area contributed by atoms with E-state index in [4.69, 9.17) is 11.6 Å². The summed E-state index contributed by atoms with van der Waals surface area (Å²) in [5.74, 6) is 0.837. The average Bonchev–Trinajstić information content (AvgIpc) is 2.36. The molecule has 2 nitrogen and oxygen atoms in total. The van der Waals surface area contributed by atoms with E-state index >= 15 is 0 Å². The van der Waals surface area contributed by atoms with E-state index in [-0.39, 0.29) is 5.41 Å². The third-order valence-electron chi connectivity index (χ3n) is 2.05. The van der Waals surface area contributed by atoms with E-state index < -0.39 is 0 Å². The molecule has 0 aliphatic carbocycles. The van der Waals surface area contributed by atoms with Crippen molar-refractivity contribution < 1.29 is 0 Å². The average molecular weight is 219 g/mol. The molecule has 1 heterocycles. The number of aromatic nitrogens is 2. The lowest BCUT2D eigenvalue weighted by atomic mass is 9.96.